The molecule has 4 nitrogen and oxygen atoms in total. The molecule has 1 aliphatic heterocycles. The van der Waals surface area contributed by atoms with Gasteiger partial charge in [0.05, 0.1) is 21.9 Å². The van der Waals surface area contributed by atoms with E-state index >= 15 is 0 Å². The number of hydrogen-bond donors (Lipinski definition) is 1. The van der Waals surface area contributed by atoms with Gasteiger partial charge in [0.2, 0.25) is 0 Å². The molecule has 1 saturated heterocycles. The van der Waals surface area contributed by atoms with Crippen LogP contribution in [0.15, 0.2) is 53.4 Å². The summed E-state index contributed by atoms with van der Waals surface area (Å²) in [6.45, 7) is 2.79. The van der Waals surface area contributed by atoms with Gasteiger partial charge in [-0.1, -0.05) is 48.9 Å². The molecule has 0 saturated carbocycles. The van der Waals surface area contributed by atoms with Gasteiger partial charge in [-0.3, -0.25) is 0 Å². The maximum atomic E-state index is 12.4. The molecular formula is C19H22ClNO3S. The fourth-order valence-corrected chi connectivity index (χ4v) is 4.79. The zero-order valence-electron chi connectivity index (χ0n) is 14.2. The molecule has 0 spiro atoms. The second-order valence-corrected chi connectivity index (χ2v) is 9.02. The summed E-state index contributed by atoms with van der Waals surface area (Å²) < 4.78 is 24.7. The Morgan fingerprint density at radius 3 is 2.32 bits per heavy atom. The van der Waals surface area contributed by atoms with Crippen LogP contribution >= 0.6 is 11.6 Å². The Morgan fingerprint density at radius 2 is 1.68 bits per heavy atom. The van der Waals surface area contributed by atoms with Crippen molar-refractivity contribution in [1.29, 1.82) is 0 Å². The van der Waals surface area contributed by atoms with Gasteiger partial charge in [-0.2, -0.15) is 0 Å². The summed E-state index contributed by atoms with van der Waals surface area (Å²) in [5, 5.41) is 11.6. The minimum Gasteiger partial charge on any atom is -0.385 e. The number of rotatable bonds is 4. The summed E-state index contributed by atoms with van der Waals surface area (Å²) in [7, 11) is -3.29. The lowest BCUT2D eigenvalue weighted by Crippen LogP contribution is -2.43. The normalized spacial score (nSPS) is 17.5. The van der Waals surface area contributed by atoms with Gasteiger partial charge in [-0.25, -0.2) is 8.42 Å². The summed E-state index contributed by atoms with van der Waals surface area (Å²) in [6.07, 6.45) is 0.995. The average Bonchev–Trinajstić information content (AvgIpc) is 2.62. The van der Waals surface area contributed by atoms with Gasteiger partial charge in [-0.05, 0) is 31.0 Å². The van der Waals surface area contributed by atoms with Gasteiger partial charge in [0, 0.05) is 23.7 Å². The molecule has 0 aromatic heterocycles. The van der Waals surface area contributed by atoms with E-state index in [9.17, 15) is 13.5 Å². The minimum absolute atomic E-state index is 0.0708. The first-order chi connectivity index (χ1) is 11.9. The highest BCUT2D eigenvalue weighted by Gasteiger charge is 2.36. The van der Waals surface area contributed by atoms with Crippen molar-refractivity contribution in [2.24, 2.45) is 0 Å². The van der Waals surface area contributed by atoms with Crippen molar-refractivity contribution in [3.8, 4) is 0 Å². The number of hydrogen-bond acceptors (Lipinski definition) is 4. The van der Waals surface area contributed by atoms with E-state index < -0.39 is 15.4 Å². The molecule has 1 fully saturated rings. The molecule has 1 aliphatic rings. The Labute approximate surface area is 154 Å². The smallest absolute Gasteiger partial charge is 0.180 e. The maximum Gasteiger partial charge on any atom is 0.180 e. The van der Waals surface area contributed by atoms with Crippen LogP contribution in [0, 0.1) is 0 Å². The van der Waals surface area contributed by atoms with Crippen LogP contribution in [0.1, 0.15) is 25.3 Å². The third kappa shape index (κ3) is 3.54. The zero-order valence-corrected chi connectivity index (χ0v) is 15.7. The molecule has 134 valence electrons. The van der Waals surface area contributed by atoms with Crippen molar-refractivity contribution in [3.05, 3.63) is 59.1 Å². The number of piperidine rings is 1. The predicted octanol–water partition coefficient (Wildman–Crippen LogP) is 3.62. The van der Waals surface area contributed by atoms with Crippen LogP contribution in [0.4, 0.5) is 5.69 Å². The van der Waals surface area contributed by atoms with Crippen LogP contribution in [0.3, 0.4) is 0 Å². The maximum absolute atomic E-state index is 12.4. The van der Waals surface area contributed by atoms with Crippen molar-refractivity contribution in [3.63, 3.8) is 0 Å². The van der Waals surface area contributed by atoms with Crippen LogP contribution in [0.5, 0.6) is 0 Å². The third-order valence-corrected chi connectivity index (χ3v) is 6.99. The van der Waals surface area contributed by atoms with E-state index in [0.29, 0.717) is 41.5 Å². The van der Waals surface area contributed by atoms with Crippen molar-refractivity contribution in [2.75, 3.05) is 23.7 Å². The number of halogens is 1. The lowest BCUT2D eigenvalue weighted by Gasteiger charge is -2.40. The fourth-order valence-electron chi connectivity index (χ4n) is 3.36. The summed E-state index contributed by atoms with van der Waals surface area (Å²) >= 11 is 6.25. The molecule has 0 radical (unpaired) electrons. The van der Waals surface area contributed by atoms with Gasteiger partial charge in [0.15, 0.2) is 9.84 Å². The molecule has 0 bridgehead atoms. The molecule has 0 unspecified atom stereocenters. The standard InChI is InChI=1S/C19H22ClNO3S/c1-2-25(23,24)18-10-6-5-9-17(18)21-13-11-19(22,12-14-21)15-7-3-4-8-16(15)20/h3-10,22H,2,11-14H2,1H3. The first-order valence-corrected chi connectivity index (χ1v) is 10.4. The van der Waals surface area contributed by atoms with E-state index in [4.69, 9.17) is 11.6 Å². The predicted molar refractivity (Wildman–Crippen MR) is 101 cm³/mol. The third-order valence-electron chi connectivity index (χ3n) is 4.89. The topological polar surface area (TPSA) is 57.6 Å². The number of nitrogens with zero attached hydrogens (tertiary/aromatic N) is 1. The molecule has 3 rings (SSSR count). The Bertz CT molecular complexity index is 858. The first kappa shape index (κ1) is 18.2. The van der Waals surface area contributed by atoms with E-state index in [-0.39, 0.29) is 5.75 Å². The van der Waals surface area contributed by atoms with E-state index in [0.717, 1.165) is 5.56 Å². The van der Waals surface area contributed by atoms with Gasteiger partial charge < -0.3 is 10.0 Å². The molecule has 2 aromatic rings. The lowest BCUT2D eigenvalue weighted by atomic mass is 9.84. The second kappa shape index (κ2) is 6.98. The van der Waals surface area contributed by atoms with E-state index in [2.05, 4.69) is 0 Å². The molecule has 0 atom stereocenters. The number of para-hydroxylation sites is 1. The molecule has 1 N–H and O–H groups in total. The molecule has 1 heterocycles. The Kier molecular flexibility index (Phi) is 5.09. The summed E-state index contributed by atoms with van der Waals surface area (Å²) in [4.78, 5) is 2.40. The number of benzene rings is 2. The van der Waals surface area contributed by atoms with Crippen LogP contribution < -0.4 is 4.90 Å². The summed E-state index contributed by atoms with van der Waals surface area (Å²) in [5.74, 6) is 0.0708. The van der Waals surface area contributed by atoms with Crippen LogP contribution in [-0.2, 0) is 15.4 Å². The summed E-state index contributed by atoms with van der Waals surface area (Å²) in [6, 6.07) is 14.4. The number of sulfone groups is 1. The quantitative estimate of drug-likeness (QED) is 0.881. The molecule has 0 aliphatic carbocycles. The van der Waals surface area contributed by atoms with Crippen molar-refractivity contribution in [1.82, 2.24) is 0 Å². The zero-order chi connectivity index (χ0) is 18.1. The van der Waals surface area contributed by atoms with Gasteiger partial charge in [0.1, 0.15) is 0 Å². The highest BCUT2D eigenvalue weighted by Crippen LogP contribution is 2.39. The second-order valence-electron chi connectivity index (χ2n) is 6.37. The highest BCUT2D eigenvalue weighted by atomic mass is 35.5. The van der Waals surface area contributed by atoms with Crippen LogP contribution in [0.2, 0.25) is 5.02 Å². The van der Waals surface area contributed by atoms with E-state index in [1.165, 1.54) is 0 Å². The van der Waals surface area contributed by atoms with Gasteiger partial charge >= 0.3 is 0 Å². The van der Waals surface area contributed by atoms with Crippen molar-refractivity contribution >= 4 is 27.1 Å². The van der Waals surface area contributed by atoms with Gasteiger partial charge in [-0.15, -0.1) is 0 Å². The average molecular weight is 380 g/mol. The largest absolute Gasteiger partial charge is 0.385 e. The van der Waals surface area contributed by atoms with Crippen LogP contribution in [-0.4, -0.2) is 32.4 Å². The van der Waals surface area contributed by atoms with Gasteiger partial charge in [0.25, 0.3) is 0 Å². The summed E-state index contributed by atoms with van der Waals surface area (Å²) in [5.41, 5.74) is 0.476. The molecule has 2 aromatic carbocycles. The Balaban J connectivity index is 1.86. The monoisotopic (exact) mass is 379 g/mol. The highest BCUT2D eigenvalue weighted by molar-refractivity contribution is 7.91. The van der Waals surface area contributed by atoms with Crippen LogP contribution in [0.25, 0.3) is 0 Å². The first-order valence-electron chi connectivity index (χ1n) is 8.41. The lowest BCUT2D eigenvalue weighted by molar-refractivity contribution is 0.0118. The minimum atomic E-state index is -3.29. The van der Waals surface area contributed by atoms with E-state index in [1.54, 1.807) is 25.1 Å². The van der Waals surface area contributed by atoms with Crippen molar-refractivity contribution in [2.45, 2.75) is 30.3 Å². The van der Waals surface area contributed by atoms with E-state index in [1.807, 2.05) is 35.2 Å². The Morgan fingerprint density at radius 1 is 1.08 bits per heavy atom. The number of anilines is 1. The molecule has 0 amide bonds. The SMILES string of the molecule is CCS(=O)(=O)c1ccccc1N1CCC(O)(c2ccccc2Cl)CC1. The molecule has 6 heteroatoms. The fraction of sp³-hybridized carbons (Fsp3) is 0.368. The Hall–Kier alpha value is -1.56. The van der Waals surface area contributed by atoms with Crippen molar-refractivity contribution < 1.29 is 13.5 Å². The molecular weight excluding hydrogens is 358 g/mol. The molecule has 25 heavy (non-hydrogen) atoms. The number of aliphatic hydroxyl groups is 1.